The van der Waals surface area contributed by atoms with Crippen LogP contribution in [0.1, 0.15) is 32.1 Å². The maximum Gasteiger partial charge on any atom is 0.128 e. The van der Waals surface area contributed by atoms with E-state index in [-0.39, 0.29) is 0 Å². The molecule has 0 aromatic carbocycles. The van der Waals surface area contributed by atoms with Crippen molar-refractivity contribution in [2.45, 2.75) is 38.1 Å². The molecule has 1 saturated carbocycles. The molecule has 0 unspecified atom stereocenters. The number of hydrazine groups is 1. The van der Waals surface area contributed by atoms with Crippen LogP contribution < -0.4 is 10.3 Å². The Bertz CT molecular complexity index is 367. The van der Waals surface area contributed by atoms with Crippen LogP contribution in [-0.2, 0) is 0 Å². The first kappa shape index (κ1) is 12.9. The monoisotopic (exact) mass is 260 g/mol. The Morgan fingerprint density at radius 1 is 1.00 bits per heavy atom. The van der Waals surface area contributed by atoms with Gasteiger partial charge in [-0.05, 0) is 25.0 Å². The van der Waals surface area contributed by atoms with Crippen LogP contribution in [0.3, 0.4) is 0 Å². The average molecular weight is 260 g/mol. The third-order valence-corrected chi connectivity index (χ3v) is 4.22. The molecular formula is C15H24N4. The summed E-state index contributed by atoms with van der Waals surface area (Å²) in [6.45, 7) is 4.31. The van der Waals surface area contributed by atoms with Gasteiger partial charge in [0.1, 0.15) is 5.82 Å². The minimum Gasteiger partial charge on any atom is -0.354 e. The summed E-state index contributed by atoms with van der Waals surface area (Å²) in [6.07, 6.45) is 8.78. The van der Waals surface area contributed by atoms with E-state index in [0.29, 0.717) is 0 Å². The van der Waals surface area contributed by atoms with E-state index in [1.54, 1.807) is 0 Å². The van der Waals surface area contributed by atoms with Gasteiger partial charge in [-0.3, -0.25) is 5.43 Å². The lowest BCUT2D eigenvalue weighted by molar-refractivity contribution is 0.130. The summed E-state index contributed by atoms with van der Waals surface area (Å²) in [5, 5.41) is 2.41. The molecule has 2 fully saturated rings. The van der Waals surface area contributed by atoms with E-state index in [4.69, 9.17) is 0 Å². The Labute approximate surface area is 115 Å². The predicted molar refractivity (Wildman–Crippen MR) is 78.0 cm³/mol. The average Bonchev–Trinajstić information content (AvgIpc) is 2.50. The van der Waals surface area contributed by atoms with Gasteiger partial charge in [-0.25, -0.2) is 9.99 Å². The Balaban J connectivity index is 1.46. The number of pyridine rings is 1. The number of piperazine rings is 1. The van der Waals surface area contributed by atoms with Gasteiger partial charge in [0.25, 0.3) is 0 Å². The molecule has 3 rings (SSSR count). The zero-order valence-electron chi connectivity index (χ0n) is 11.6. The van der Waals surface area contributed by atoms with E-state index in [0.717, 1.165) is 38.0 Å². The molecule has 0 atom stereocenters. The highest BCUT2D eigenvalue weighted by Gasteiger charge is 2.21. The molecule has 2 aliphatic rings. The van der Waals surface area contributed by atoms with Crippen molar-refractivity contribution in [3.05, 3.63) is 24.4 Å². The van der Waals surface area contributed by atoms with Crippen LogP contribution in [0.2, 0.25) is 0 Å². The zero-order chi connectivity index (χ0) is 12.9. The van der Waals surface area contributed by atoms with E-state index in [9.17, 15) is 0 Å². The van der Waals surface area contributed by atoms with Crippen molar-refractivity contribution in [2.75, 3.05) is 31.1 Å². The summed E-state index contributed by atoms with van der Waals surface area (Å²) in [6, 6.07) is 6.86. The molecule has 1 saturated heterocycles. The lowest BCUT2D eigenvalue weighted by Crippen LogP contribution is -2.55. The van der Waals surface area contributed by atoms with Gasteiger partial charge in [-0.1, -0.05) is 25.3 Å². The van der Waals surface area contributed by atoms with Crippen LogP contribution in [-0.4, -0.2) is 42.2 Å². The molecule has 1 aliphatic carbocycles. The summed E-state index contributed by atoms with van der Waals surface area (Å²) in [4.78, 5) is 6.80. The second-order valence-electron chi connectivity index (χ2n) is 5.63. The van der Waals surface area contributed by atoms with Crippen LogP contribution in [0.25, 0.3) is 0 Å². The fourth-order valence-electron chi connectivity index (χ4n) is 3.10. The number of hydrogen-bond donors (Lipinski definition) is 1. The van der Waals surface area contributed by atoms with Crippen LogP contribution in [0.15, 0.2) is 24.4 Å². The standard InChI is InChI=1S/C15H24N4/c1-2-6-14(7-3-1)17-19-12-10-18(11-13-19)15-8-4-5-9-16-15/h4-5,8-9,14,17H,1-3,6-7,10-13H2. The maximum atomic E-state index is 4.43. The lowest BCUT2D eigenvalue weighted by atomic mass is 9.96. The van der Waals surface area contributed by atoms with Crippen LogP contribution in [0.5, 0.6) is 0 Å². The summed E-state index contributed by atoms with van der Waals surface area (Å²) in [5.74, 6) is 1.11. The zero-order valence-corrected chi connectivity index (χ0v) is 11.6. The van der Waals surface area contributed by atoms with Gasteiger partial charge in [0, 0.05) is 38.4 Å². The highest BCUT2D eigenvalue weighted by molar-refractivity contribution is 5.38. The van der Waals surface area contributed by atoms with Crippen LogP contribution in [0.4, 0.5) is 5.82 Å². The minimum absolute atomic E-state index is 0.718. The first-order chi connectivity index (χ1) is 9.42. The molecule has 1 aliphatic heterocycles. The van der Waals surface area contributed by atoms with Crippen molar-refractivity contribution >= 4 is 5.82 Å². The van der Waals surface area contributed by atoms with Gasteiger partial charge in [0.2, 0.25) is 0 Å². The van der Waals surface area contributed by atoms with Gasteiger partial charge in [0.15, 0.2) is 0 Å². The van der Waals surface area contributed by atoms with Crippen molar-refractivity contribution in [3.8, 4) is 0 Å². The Kier molecular flexibility index (Phi) is 4.30. The lowest BCUT2D eigenvalue weighted by Gasteiger charge is -2.38. The molecule has 4 heteroatoms. The summed E-state index contributed by atoms with van der Waals surface area (Å²) < 4.78 is 0. The highest BCUT2D eigenvalue weighted by Crippen LogP contribution is 2.18. The minimum atomic E-state index is 0.718. The number of nitrogens with one attached hydrogen (secondary N) is 1. The number of aromatic nitrogens is 1. The van der Waals surface area contributed by atoms with E-state index in [1.807, 2.05) is 12.3 Å². The Morgan fingerprint density at radius 3 is 2.47 bits per heavy atom. The third-order valence-electron chi connectivity index (χ3n) is 4.22. The Hall–Kier alpha value is -1.13. The van der Waals surface area contributed by atoms with Crippen molar-refractivity contribution in [1.29, 1.82) is 0 Å². The van der Waals surface area contributed by atoms with Crippen molar-refractivity contribution < 1.29 is 0 Å². The van der Waals surface area contributed by atoms with E-state index in [1.165, 1.54) is 32.1 Å². The molecule has 4 nitrogen and oxygen atoms in total. The van der Waals surface area contributed by atoms with Crippen LogP contribution in [0, 0.1) is 0 Å². The van der Waals surface area contributed by atoms with E-state index in [2.05, 4.69) is 32.5 Å². The highest BCUT2D eigenvalue weighted by atomic mass is 15.5. The summed E-state index contributed by atoms with van der Waals surface area (Å²) >= 11 is 0. The van der Waals surface area contributed by atoms with Crippen molar-refractivity contribution in [1.82, 2.24) is 15.4 Å². The largest absolute Gasteiger partial charge is 0.354 e. The third kappa shape index (κ3) is 3.45. The molecule has 19 heavy (non-hydrogen) atoms. The molecule has 0 bridgehead atoms. The normalized spacial score (nSPS) is 22.6. The summed E-state index contributed by atoms with van der Waals surface area (Å²) in [5.41, 5.74) is 3.72. The van der Waals surface area contributed by atoms with Crippen molar-refractivity contribution in [2.24, 2.45) is 0 Å². The molecule has 0 amide bonds. The number of hydrogen-bond acceptors (Lipinski definition) is 4. The smallest absolute Gasteiger partial charge is 0.128 e. The number of rotatable bonds is 3. The first-order valence-electron chi connectivity index (χ1n) is 7.59. The maximum absolute atomic E-state index is 4.43. The topological polar surface area (TPSA) is 31.4 Å². The van der Waals surface area contributed by atoms with E-state index < -0.39 is 0 Å². The van der Waals surface area contributed by atoms with Crippen molar-refractivity contribution in [3.63, 3.8) is 0 Å². The quantitative estimate of drug-likeness (QED) is 0.901. The predicted octanol–water partition coefficient (Wildman–Crippen LogP) is 2.04. The molecule has 104 valence electrons. The van der Waals surface area contributed by atoms with Crippen LogP contribution >= 0.6 is 0 Å². The Morgan fingerprint density at radius 2 is 1.79 bits per heavy atom. The second kappa shape index (κ2) is 6.35. The molecular weight excluding hydrogens is 236 g/mol. The van der Waals surface area contributed by atoms with E-state index >= 15 is 0 Å². The molecule has 1 aromatic heterocycles. The number of anilines is 1. The first-order valence-corrected chi connectivity index (χ1v) is 7.59. The van der Waals surface area contributed by atoms with Gasteiger partial charge in [0.05, 0.1) is 0 Å². The molecule has 0 radical (unpaired) electrons. The second-order valence-corrected chi connectivity index (χ2v) is 5.63. The van der Waals surface area contributed by atoms with Gasteiger partial charge >= 0.3 is 0 Å². The summed E-state index contributed by atoms with van der Waals surface area (Å²) in [7, 11) is 0. The van der Waals surface area contributed by atoms with Gasteiger partial charge < -0.3 is 4.90 Å². The van der Waals surface area contributed by atoms with Gasteiger partial charge in [-0.15, -0.1) is 0 Å². The fraction of sp³-hybridized carbons (Fsp3) is 0.667. The SMILES string of the molecule is c1ccc(N2CCN(NC3CCCCC3)CC2)nc1. The molecule has 2 heterocycles. The fourth-order valence-corrected chi connectivity index (χ4v) is 3.10. The van der Waals surface area contributed by atoms with Gasteiger partial charge in [-0.2, -0.15) is 0 Å². The number of nitrogens with zero attached hydrogens (tertiary/aromatic N) is 3. The molecule has 0 spiro atoms. The molecule has 1 N–H and O–H groups in total. The molecule has 1 aromatic rings.